The molecule has 2 aliphatic rings. The Morgan fingerprint density at radius 3 is 2.57 bits per heavy atom. The van der Waals surface area contributed by atoms with Crippen molar-refractivity contribution in [3.63, 3.8) is 0 Å². The number of nitrogens with zero attached hydrogens (tertiary/aromatic N) is 1. The van der Waals surface area contributed by atoms with Crippen LogP contribution in [0.3, 0.4) is 0 Å². The first-order valence-corrected chi connectivity index (χ1v) is 10.2. The van der Waals surface area contributed by atoms with Crippen molar-refractivity contribution in [3.05, 3.63) is 69.2 Å². The van der Waals surface area contributed by atoms with Gasteiger partial charge in [0.1, 0.15) is 5.54 Å². The maximum Gasteiger partial charge on any atom is 0.325 e. The molecule has 144 valence electrons. The zero-order chi connectivity index (χ0) is 19.9. The third-order valence-electron chi connectivity index (χ3n) is 5.66. The molecule has 28 heavy (non-hydrogen) atoms. The lowest BCUT2D eigenvalue weighted by Gasteiger charge is -2.23. The van der Waals surface area contributed by atoms with E-state index in [0.29, 0.717) is 11.1 Å². The van der Waals surface area contributed by atoms with Crippen LogP contribution in [-0.4, -0.2) is 29.2 Å². The van der Waals surface area contributed by atoms with Gasteiger partial charge in [-0.3, -0.25) is 14.5 Å². The molecule has 2 aromatic carbocycles. The minimum Gasteiger partial charge on any atom is -0.319 e. The van der Waals surface area contributed by atoms with E-state index >= 15 is 0 Å². The van der Waals surface area contributed by atoms with Crippen molar-refractivity contribution in [2.45, 2.75) is 38.1 Å². The molecule has 1 aliphatic heterocycles. The topological polar surface area (TPSA) is 66.5 Å². The summed E-state index contributed by atoms with van der Waals surface area (Å²) in [5, 5.41) is 2.75. The highest BCUT2D eigenvalue weighted by atomic mass is 79.9. The molecule has 1 heterocycles. The number of aryl methyl sites for hydroxylation is 2. The number of nitrogens with one attached hydrogen (secondary N) is 1. The molecule has 1 atom stereocenters. The summed E-state index contributed by atoms with van der Waals surface area (Å²) in [6, 6.07) is 12.4. The summed E-state index contributed by atoms with van der Waals surface area (Å²) in [6.45, 7) is 1.40. The van der Waals surface area contributed by atoms with E-state index in [2.05, 4.69) is 21.2 Å². The molecule has 1 aliphatic carbocycles. The second-order valence-electron chi connectivity index (χ2n) is 7.54. The molecule has 0 saturated carbocycles. The lowest BCUT2D eigenvalue weighted by molar-refractivity contribution is -0.130. The Hall–Kier alpha value is -2.47. The fourth-order valence-corrected chi connectivity index (χ4v) is 4.71. The highest BCUT2D eigenvalue weighted by molar-refractivity contribution is 9.10. The van der Waals surface area contributed by atoms with Gasteiger partial charge in [0.05, 0.1) is 6.54 Å². The Balaban J connectivity index is 1.57. The van der Waals surface area contributed by atoms with Crippen LogP contribution in [0.5, 0.6) is 0 Å². The summed E-state index contributed by atoms with van der Waals surface area (Å²) in [6.07, 6.45) is 4.32. The third kappa shape index (κ3) is 3.15. The molecule has 0 radical (unpaired) electrons. The van der Waals surface area contributed by atoms with Crippen LogP contribution in [0.2, 0.25) is 0 Å². The largest absolute Gasteiger partial charge is 0.325 e. The minimum atomic E-state index is -1.20. The Bertz CT molecular complexity index is 987. The first kappa shape index (κ1) is 18.9. The quantitative estimate of drug-likeness (QED) is 0.577. The maximum absolute atomic E-state index is 13.1. The van der Waals surface area contributed by atoms with Gasteiger partial charge in [-0.25, -0.2) is 4.79 Å². The number of carbonyl (C=O) groups excluding carboxylic acids is 3. The van der Waals surface area contributed by atoms with E-state index in [1.54, 1.807) is 19.1 Å². The highest BCUT2D eigenvalue weighted by Crippen LogP contribution is 2.33. The molecule has 4 rings (SSSR count). The number of hydrogen-bond acceptors (Lipinski definition) is 3. The Labute approximate surface area is 172 Å². The standard InChI is InChI=1S/C22H21BrN2O3/c1-22(17-8-4-5-9-18(17)23)20(27)25(21(28)24-22)13-19(26)16-11-10-14-6-2-3-7-15(14)12-16/h4-5,8-12H,2-3,6-7,13H2,1H3,(H,24,28). The number of rotatable bonds is 4. The van der Waals surface area contributed by atoms with Crippen molar-refractivity contribution in [1.82, 2.24) is 10.2 Å². The highest BCUT2D eigenvalue weighted by Gasteiger charge is 2.50. The second kappa shape index (κ2) is 7.17. The predicted octanol–water partition coefficient (Wildman–Crippen LogP) is 3.98. The van der Waals surface area contributed by atoms with Crippen molar-refractivity contribution < 1.29 is 14.4 Å². The average molecular weight is 441 g/mol. The van der Waals surface area contributed by atoms with E-state index in [0.717, 1.165) is 28.6 Å². The van der Waals surface area contributed by atoms with Crippen LogP contribution in [0, 0.1) is 0 Å². The van der Waals surface area contributed by atoms with Crippen LogP contribution >= 0.6 is 15.9 Å². The number of fused-ring (bicyclic) bond motifs is 1. The van der Waals surface area contributed by atoms with Gasteiger partial charge in [0.25, 0.3) is 5.91 Å². The fraction of sp³-hybridized carbons (Fsp3) is 0.318. The molecule has 1 saturated heterocycles. The first-order valence-electron chi connectivity index (χ1n) is 9.44. The van der Waals surface area contributed by atoms with Gasteiger partial charge in [-0.15, -0.1) is 0 Å². The molecular weight excluding hydrogens is 420 g/mol. The van der Waals surface area contributed by atoms with Gasteiger partial charge in [0.15, 0.2) is 5.78 Å². The zero-order valence-corrected chi connectivity index (χ0v) is 17.2. The number of imide groups is 1. The number of carbonyl (C=O) groups is 3. The zero-order valence-electron chi connectivity index (χ0n) is 15.6. The van der Waals surface area contributed by atoms with Crippen LogP contribution in [0.25, 0.3) is 0 Å². The fourth-order valence-electron chi connectivity index (χ4n) is 4.03. The Morgan fingerprint density at radius 1 is 1.11 bits per heavy atom. The molecule has 0 bridgehead atoms. The summed E-state index contributed by atoms with van der Waals surface area (Å²) in [5.74, 6) is -0.649. The van der Waals surface area contributed by atoms with Gasteiger partial charge in [0.2, 0.25) is 0 Å². The van der Waals surface area contributed by atoms with E-state index in [-0.39, 0.29) is 12.3 Å². The SMILES string of the molecule is CC1(c2ccccc2Br)NC(=O)N(CC(=O)c2ccc3c(c2)CCCC3)C1=O. The smallest absolute Gasteiger partial charge is 0.319 e. The van der Waals surface area contributed by atoms with E-state index in [1.807, 2.05) is 30.3 Å². The number of urea groups is 1. The van der Waals surface area contributed by atoms with E-state index in [4.69, 9.17) is 0 Å². The molecular formula is C22H21BrN2O3. The van der Waals surface area contributed by atoms with Crippen molar-refractivity contribution >= 4 is 33.7 Å². The van der Waals surface area contributed by atoms with Crippen molar-refractivity contribution in [2.24, 2.45) is 0 Å². The average Bonchev–Trinajstić information content (AvgIpc) is 2.91. The van der Waals surface area contributed by atoms with Gasteiger partial charge in [0, 0.05) is 15.6 Å². The van der Waals surface area contributed by atoms with Crippen LogP contribution in [-0.2, 0) is 23.2 Å². The van der Waals surface area contributed by atoms with Gasteiger partial charge in [-0.2, -0.15) is 0 Å². The molecule has 3 amide bonds. The number of Topliss-reactive ketones (excluding diaryl/α,β-unsaturated/α-hetero) is 1. The Morgan fingerprint density at radius 2 is 1.82 bits per heavy atom. The summed E-state index contributed by atoms with van der Waals surface area (Å²) < 4.78 is 0.731. The molecule has 1 fully saturated rings. The van der Waals surface area contributed by atoms with Crippen LogP contribution in [0.4, 0.5) is 4.79 Å². The summed E-state index contributed by atoms with van der Waals surface area (Å²) in [4.78, 5) is 39.4. The van der Waals surface area contributed by atoms with E-state index in [1.165, 1.54) is 17.5 Å². The number of benzene rings is 2. The summed E-state index contributed by atoms with van der Waals surface area (Å²) in [7, 11) is 0. The van der Waals surface area contributed by atoms with E-state index < -0.39 is 17.5 Å². The monoisotopic (exact) mass is 440 g/mol. The van der Waals surface area contributed by atoms with Gasteiger partial charge < -0.3 is 5.32 Å². The molecule has 1 unspecified atom stereocenters. The number of amides is 3. The van der Waals surface area contributed by atoms with Gasteiger partial charge >= 0.3 is 6.03 Å². The third-order valence-corrected chi connectivity index (χ3v) is 6.35. The van der Waals surface area contributed by atoms with Crippen LogP contribution in [0.15, 0.2) is 46.9 Å². The number of hydrogen-bond donors (Lipinski definition) is 1. The maximum atomic E-state index is 13.1. The molecule has 0 spiro atoms. The van der Waals surface area contributed by atoms with Crippen LogP contribution < -0.4 is 5.32 Å². The Kier molecular flexibility index (Phi) is 4.83. The molecule has 5 nitrogen and oxygen atoms in total. The summed E-state index contributed by atoms with van der Waals surface area (Å²) in [5.41, 5.74) is 2.51. The second-order valence-corrected chi connectivity index (χ2v) is 8.39. The molecule has 2 aromatic rings. The molecule has 1 N–H and O–H groups in total. The minimum absolute atomic E-state index is 0.228. The lowest BCUT2D eigenvalue weighted by Crippen LogP contribution is -2.41. The number of ketones is 1. The lowest BCUT2D eigenvalue weighted by atomic mass is 9.89. The van der Waals surface area contributed by atoms with E-state index in [9.17, 15) is 14.4 Å². The predicted molar refractivity (Wildman–Crippen MR) is 109 cm³/mol. The van der Waals surface area contributed by atoms with Crippen LogP contribution in [0.1, 0.15) is 46.8 Å². The van der Waals surface area contributed by atoms with Crippen molar-refractivity contribution in [3.8, 4) is 0 Å². The molecule has 0 aromatic heterocycles. The molecule has 6 heteroatoms. The normalized spacial score (nSPS) is 21.4. The van der Waals surface area contributed by atoms with Crippen molar-refractivity contribution in [2.75, 3.05) is 6.54 Å². The summed E-state index contributed by atoms with van der Waals surface area (Å²) >= 11 is 3.44. The van der Waals surface area contributed by atoms with Gasteiger partial charge in [-0.1, -0.05) is 46.3 Å². The first-order chi connectivity index (χ1) is 13.4. The van der Waals surface area contributed by atoms with Crippen molar-refractivity contribution in [1.29, 1.82) is 0 Å². The van der Waals surface area contributed by atoms with Gasteiger partial charge in [-0.05, 0) is 55.9 Å². The number of halogens is 1.